The molecule has 0 fully saturated rings. The van der Waals surface area contributed by atoms with Gasteiger partial charge in [0, 0.05) is 16.6 Å². The van der Waals surface area contributed by atoms with Gasteiger partial charge in [0.25, 0.3) is 5.69 Å². The molecule has 21 heavy (non-hydrogen) atoms. The van der Waals surface area contributed by atoms with Crippen molar-refractivity contribution in [2.24, 2.45) is 0 Å². The minimum absolute atomic E-state index is 0.0275. The summed E-state index contributed by atoms with van der Waals surface area (Å²) in [6.07, 6.45) is 0. The highest BCUT2D eigenvalue weighted by molar-refractivity contribution is 7.84. The summed E-state index contributed by atoms with van der Waals surface area (Å²) in [4.78, 5) is 11.1. The highest BCUT2D eigenvalue weighted by atomic mass is 35.5. The zero-order valence-electron chi connectivity index (χ0n) is 11.2. The molecule has 0 radical (unpaired) electrons. The van der Waals surface area contributed by atoms with Gasteiger partial charge in [-0.1, -0.05) is 23.7 Å². The summed E-state index contributed by atoms with van der Waals surface area (Å²) < 4.78 is 12.5. The summed E-state index contributed by atoms with van der Waals surface area (Å²) >= 11 is 6.01. The molecule has 5 nitrogen and oxygen atoms in total. The third-order valence-corrected chi connectivity index (χ3v) is 4.98. The van der Waals surface area contributed by atoms with Crippen LogP contribution in [0.5, 0.6) is 0 Å². The molecular formula is C14H13ClN2O3S. The molecule has 0 amide bonds. The quantitative estimate of drug-likeness (QED) is 0.530. The second-order valence-corrected chi connectivity index (χ2v) is 6.28. The molecule has 0 heterocycles. The van der Waals surface area contributed by atoms with E-state index in [0.717, 1.165) is 0 Å². The Morgan fingerprint density at radius 3 is 2.62 bits per heavy atom. The fraction of sp³-hybridized carbons (Fsp3) is 0.143. The maximum Gasteiger partial charge on any atom is 0.275 e. The first kappa shape index (κ1) is 15.5. The summed E-state index contributed by atoms with van der Waals surface area (Å²) in [6, 6.07) is 9.52. The Bertz CT molecular complexity index is 734. The van der Waals surface area contributed by atoms with E-state index in [1.54, 1.807) is 31.2 Å². The summed E-state index contributed by atoms with van der Waals surface area (Å²) in [5.74, 6) is -0.0275. The van der Waals surface area contributed by atoms with Gasteiger partial charge in [-0.25, -0.2) is 0 Å². The Labute approximate surface area is 129 Å². The number of nitro benzene ring substituents is 1. The number of hydrogen-bond acceptors (Lipinski definition) is 4. The first-order valence-corrected chi connectivity index (χ1v) is 7.76. The number of benzene rings is 2. The van der Waals surface area contributed by atoms with E-state index in [9.17, 15) is 14.3 Å². The van der Waals surface area contributed by atoms with Crippen molar-refractivity contribution in [3.05, 3.63) is 62.7 Å². The number of nitro groups is 1. The first-order chi connectivity index (χ1) is 9.91. The zero-order chi connectivity index (χ0) is 15.6. The van der Waals surface area contributed by atoms with E-state index < -0.39 is 15.7 Å². The second-order valence-electron chi connectivity index (χ2n) is 4.45. The van der Waals surface area contributed by atoms with Gasteiger partial charge in [-0.15, -0.1) is 0 Å². The summed E-state index contributed by atoms with van der Waals surface area (Å²) in [7, 11) is -1.46. The van der Waals surface area contributed by atoms with Crippen LogP contribution in [0, 0.1) is 17.0 Å². The molecule has 0 saturated carbocycles. The molecule has 0 bridgehead atoms. The lowest BCUT2D eigenvalue weighted by molar-refractivity contribution is -0.385. The minimum atomic E-state index is -1.46. The van der Waals surface area contributed by atoms with Crippen LogP contribution in [0.15, 0.2) is 41.3 Å². The number of hydrogen-bond donors (Lipinski definition) is 1. The maximum atomic E-state index is 12.5. The van der Waals surface area contributed by atoms with Gasteiger partial charge in [0.2, 0.25) is 0 Å². The highest BCUT2D eigenvalue weighted by Crippen LogP contribution is 2.30. The van der Waals surface area contributed by atoms with E-state index in [-0.39, 0.29) is 22.0 Å². The number of nitrogen functional groups attached to an aromatic ring is 1. The molecular weight excluding hydrogens is 312 g/mol. The fourth-order valence-corrected chi connectivity index (χ4v) is 3.67. The number of anilines is 1. The van der Waals surface area contributed by atoms with Crippen LogP contribution in [0.4, 0.5) is 11.4 Å². The van der Waals surface area contributed by atoms with Crippen LogP contribution >= 0.6 is 11.6 Å². The Balaban J connectivity index is 2.41. The van der Waals surface area contributed by atoms with Crippen molar-refractivity contribution in [2.75, 3.05) is 5.73 Å². The minimum Gasteiger partial charge on any atom is -0.398 e. The van der Waals surface area contributed by atoms with Crippen molar-refractivity contribution in [3.8, 4) is 0 Å². The van der Waals surface area contributed by atoms with Crippen LogP contribution in [0.1, 0.15) is 11.1 Å². The van der Waals surface area contributed by atoms with E-state index in [4.69, 9.17) is 17.3 Å². The van der Waals surface area contributed by atoms with Crippen molar-refractivity contribution < 1.29 is 9.13 Å². The average Bonchev–Trinajstić information content (AvgIpc) is 2.43. The van der Waals surface area contributed by atoms with E-state index in [1.165, 1.54) is 12.1 Å². The van der Waals surface area contributed by atoms with E-state index in [0.29, 0.717) is 16.1 Å². The molecule has 2 aromatic carbocycles. The molecule has 0 aliphatic carbocycles. The molecule has 0 saturated heterocycles. The predicted molar refractivity (Wildman–Crippen MR) is 83.8 cm³/mol. The van der Waals surface area contributed by atoms with E-state index >= 15 is 0 Å². The largest absolute Gasteiger partial charge is 0.398 e. The van der Waals surface area contributed by atoms with E-state index in [2.05, 4.69) is 0 Å². The van der Waals surface area contributed by atoms with Crippen LogP contribution in [0.3, 0.4) is 0 Å². The smallest absolute Gasteiger partial charge is 0.275 e. The van der Waals surface area contributed by atoms with Gasteiger partial charge in [-0.2, -0.15) is 0 Å². The van der Waals surface area contributed by atoms with Crippen molar-refractivity contribution >= 4 is 33.8 Å². The van der Waals surface area contributed by atoms with Crippen LogP contribution in [-0.4, -0.2) is 9.13 Å². The molecule has 0 aliphatic heterocycles. The monoisotopic (exact) mass is 324 g/mol. The lowest BCUT2D eigenvalue weighted by Gasteiger charge is -2.09. The van der Waals surface area contributed by atoms with Crippen LogP contribution < -0.4 is 5.73 Å². The van der Waals surface area contributed by atoms with Gasteiger partial charge in [-0.3, -0.25) is 14.3 Å². The molecule has 0 aliphatic rings. The van der Waals surface area contributed by atoms with Crippen LogP contribution in [-0.2, 0) is 16.6 Å². The lowest BCUT2D eigenvalue weighted by atomic mass is 10.2. The standard InChI is InChI=1S/C14H13ClN2O3S/c1-9-12(16)5-3-7-14(9)21(20)8-10-11(15)4-2-6-13(10)17(18)19/h2-7H,8,16H2,1H3. The molecule has 110 valence electrons. The zero-order valence-corrected chi connectivity index (χ0v) is 12.8. The van der Waals surface area contributed by atoms with Gasteiger partial charge in [0.05, 0.1) is 32.1 Å². The molecule has 1 unspecified atom stereocenters. The van der Waals surface area contributed by atoms with Crippen molar-refractivity contribution in [2.45, 2.75) is 17.6 Å². The van der Waals surface area contributed by atoms with E-state index in [1.807, 2.05) is 0 Å². The van der Waals surface area contributed by atoms with Crippen LogP contribution in [0.25, 0.3) is 0 Å². The number of rotatable bonds is 4. The normalized spacial score (nSPS) is 12.1. The highest BCUT2D eigenvalue weighted by Gasteiger charge is 2.20. The SMILES string of the molecule is Cc1c(N)cccc1S(=O)Cc1c(Cl)cccc1[N+](=O)[O-]. The third kappa shape index (κ3) is 3.22. The predicted octanol–water partition coefficient (Wildman–Crippen LogP) is 3.45. The number of halogens is 1. The van der Waals surface area contributed by atoms with Gasteiger partial charge < -0.3 is 5.73 Å². The third-order valence-electron chi connectivity index (χ3n) is 3.14. The maximum absolute atomic E-state index is 12.5. The van der Waals surface area contributed by atoms with Gasteiger partial charge in [-0.05, 0) is 30.7 Å². The Morgan fingerprint density at radius 2 is 1.95 bits per heavy atom. The Hall–Kier alpha value is -1.92. The molecule has 2 aromatic rings. The van der Waals surface area contributed by atoms with Crippen molar-refractivity contribution in [1.29, 1.82) is 0 Å². The second kappa shape index (κ2) is 6.24. The Morgan fingerprint density at radius 1 is 1.29 bits per heavy atom. The number of nitrogens with zero attached hydrogens (tertiary/aromatic N) is 1. The number of nitrogens with two attached hydrogens (primary N) is 1. The summed E-state index contributed by atoms with van der Waals surface area (Å²) in [5.41, 5.74) is 7.18. The first-order valence-electron chi connectivity index (χ1n) is 6.07. The van der Waals surface area contributed by atoms with Gasteiger partial charge >= 0.3 is 0 Å². The van der Waals surface area contributed by atoms with Gasteiger partial charge in [0.1, 0.15) is 0 Å². The Kier molecular flexibility index (Phi) is 4.59. The van der Waals surface area contributed by atoms with Gasteiger partial charge in [0.15, 0.2) is 0 Å². The molecule has 2 rings (SSSR count). The summed E-state index contributed by atoms with van der Waals surface area (Å²) in [5, 5.41) is 11.3. The fourth-order valence-electron chi connectivity index (χ4n) is 1.95. The average molecular weight is 325 g/mol. The topological polar surface area (TPSA) is 86.2 Å². The molecule has 7 heteroatoms. The van der Waals surface area contributed by atoms with Crippen molar-refractivity contribution in [1.82, 2.24) is 0 Å². The van der Waals surface area contributed by atoms with Crippen molar-refractivity contribution in [3.63, 3.8) is 0 Å². The molecule has 0 aromatic heterocycles. The molecule has 1 atom stereocenters. The lowest BCUT2D eigenvalue weighted by Crippen LogP contribution is -2.04. The molecule has 0 spiro atoms. The summed E-state index contributed by atoms with van der Waals surface area (Å²) in [6.45, 7) is 1.77. The van der Waals surface area contributed by atoms with Crippen LogP contribution in [0.2, 0.25) is 5.02 Å². The molecule has 2 N–H and O–H groups in total.